The van der Waals surface area contributed by atoms with Crippen LogP contribution >= 0.6 is 11.8 Å². The van der Waals surface area contributed by atoms with Gasteiger partial charge in [0.25, 0.3) is 0 Å². The van der Waals surface area contributed by atoms with Crippen LogP contribution in [-0.2, 0) is 0 Å². The molecule has 3 heterocycles. The minimum atomic E-state index is 0.617. The van der Waals surface area contributed by atoms with Gasteiger partial charge in [0.15, 0.2) is 0 Å². The van der Waals surface area contributed by atoms with Crippen molar-refractivity contribution in [2.75, 3.05) is 29.9 Å². The third-order valence-corrected chi connectivity index (χ3v) is 3.89. The Morgan fingerprint density at radius 2 is 2.10 bits per heavy atom. The van der Waals surface area contributed by atoms with Crippen LogP contribution in [0.25, 0.3) is 0 Å². The molecule has 1 aliphatic heterocycles. The van der Waals surface area contributed by atoms with Crippen LogP contribution in [0.2, 0.25) is 0 Å². The molecule has 0 unspecified atom stereocenters. The Bertz CT molecular complexity index is 586. The van der Waals surface area contributed by atoms with Gasteiger partial charge in [-0.2, -0.15) is 15.0 Å². The van der Waals surface area contributed by atoms with Gasteiger partial charge in [-0.1, -0.05) is 0 Å². The number of hydrogen-bond acceptors (Lipinski definition) is 8. The smallest absolute Gasteiger partial charge is 0.231 e. The van der Waals surface area contributed by atoms with Gasteiger partial charge >= 0.3 is 0 Å². The summed E-state index contributed by atoms with van der Waals surface area (Å²) in [6.45, 7) is 4.82. The standard InChI is InChI=1S/C13H17N7S/c1-2-15-11-17-12(20-7-3-4-8-20)19-13(18-11)21-10-5-6-14-9-16-10/h5-6,9H,2-4,7-8H2,1H3,(H,15,17,18,19). The first kappa shape index (κ1) is 14.0. The van der Waals surface area contributed by atoms with Crippen molar-refractivity contribution in [1.82, 2.24) is 24.9 Å². The van der Waals surface area contributed by atoms with Gasteiger partial charge in [0.05, 0.1) is 0 Å². The Labute approximate surface area is 127 Å². The number of anilines is 2. The van der Waals surface area contributed by atoms with Gasteiger partial charge in [0.2, 0.25) is 17.1 Å². The molecule has 0 atom stereocenters. The average molecular weight is 303 g/mol. The topological polar surface area (TPSA) is 79.7 Å². The SMILES string of the molecule is CCNc1nc(Sc2ccncn2)nc(N2CCCC2)n1. The van der Waals surface area contributed by atoms with Crippen molar-refractivity contribution in [3.05, 3.63) is 18.6 Å². The van der Waals surface area contributed by atoms with E-state index < -0.39 is 0 Å². The molecule has 3 rings (SSSR count). The summed E-state index contributed by atoms with van der Waals surface area (Å²) < 4.78 is 0. The van der Waals surface area contributed by atoms with Gasteiger partial charge in [-0.25, -0.2) is 9.97 Å². The molecular formula is C13H17N7S. The van der Waals surface area contributed by atoms with E-state index in [1.807, 2.05) is 13.0 Å². The molecule has 0 aliphatic carbocycles. The third-order valence-electron chi connectivity index (χ3n) is 3.08. The molecule has 0 aromatic carbocycles. The molecule has 1 fully saturated rings. The summed E-state index contributed by atoms with van der Waals surface area (Å²) in [5.41, 5.74) is 0. The fourth-order valence-electron chi connectivity index (χ4n) is 2.12. The van der Waals surface area contributed by atoms with Gasteiger partial charge in [0, 0.05) is 25.8 Å². The quantitative estimate of drug-likeness (QED) is 0.838. The molecule has 1 aliphatic rings. The maximum Gasteiger partial charge on any atom is 0.231 e. The summed E-state index contributed by atoms with van der Waals surface area (Å²) in [6.07, 6.45) is 5.62. The van der Waals surface area contributed by atoms with Crippen molar-refractivity contribution in [3.63, 3.8) is 0 Å². The molecule has 0 radical (unpaired) electrons. The largest absolute Gasteiger partial charge is 0.354 e. The Hall–Kier alpha value is -1.96. The predicted octanol–water partition coefficient (Wildman–Crippen LogP) is 1.84. The number of hydrogen-bond donors (Lipinski definition) is 1. The average Bonchev–Trinajstić information content (AvgIpc) is 3.03. The molecule has 7 nitrogen and oxygen atoms in total. The highest BCUT2D eigenvalue weighted by Crippen LogP contribution is 2.25. The first-order valence-electron chi connectivity index (χ1n) is 7.04. The lowest BCUT2D eigenvalue weighted by atomic mass is 10.4. The van der Waals surface area contributed by atoms with Gasteiger partial charge < -0.3 is 10.2 Å². The van der Waals surface area contributed by atoms with Crippen molar-refractivity contribution in [2.24, 2.45) is 0 Å². The van der Waals surface area contributed by atoms with Crippen LogP contribution in [-0.4, -0.2) is 44.6 Å². The van der Waals surface area contributed by atoms with Crippen LogP contribution in [0.15, 0.2) is 28.8 Å². The minimum absolute atomic E-state index is 0.617. The van der Waals surface area contributed by atoms with Crippen molar-refractivity contribution >= 4 is 23.7 Å². The number of aromatic nitrogens is 5. The lowest BCUT2D eigenvalue weighted by Crippen LogP contribution is -2.21. The Morgan fingerprint density at radius 3 is 2.81 bits per heavy atom. The van der Waals surface area contributed by atoms with E-state index >= 15 is 0 Å². The second-order valence-electron chi connectivity index (χ2n) is 4.62. The van der Waals surface area contributed by atoms with E-state index in [9.17, 15) is 0 Å². The van der Waals surface area contributed by atoms with Crippen molar-refractivity contribution in [3.8, 4) is 0 Å². The summed E-state index contributed by atoms with van der Waals surface area (Å²) >= 11 is 1.42. The van der Waals surface area contributed by atoms with Gasteiger partial charge in [-0.3, -0.25) is 0 Å². The van der Waals surface area contributed by atoms with Gasteiger partial charge in [0.1, 0.15) is 11.4 Å². The zero-order chi connectivity index (χ0) is 14.5. The van der Waals surface area contributed by atoms with E-state index in [2.05, 4.69) is 35.1 Å². The van der Waals surface area contributed by atoms with Crippen LogP contribution < -0.4 is 10.2 Å². The molecule has 8 heteroatoms. The monoisotopic (exact) mass is 303 g/mol. The second-order valence-corrected chi connectivity index (χ2v) is 5.60. The molecule has 0 bridgehead atoms. The summed E-state index contributed by atoms with van der Waals surface area (Å²) in [7, 11) is 0. The van der Waals surface area contributed by atoms with E-state index in [0.29, 0.717) is 11.1 Å². The van der Waals surface area contributed by atoms with Gasteiger partial charge in [-0.05, 0) is 37.6 Å². The molecule has 0 spiro atoms. The van der Waals surface area contributed by atoms with Crippen LogP contribution in [0.4, 0.5) is 11.9 Å². The highest BCUT2D eigenvalue weighted by Gasteiger charge is 2.17. The zero-order valence-corrected chi connectivity index (χ0v) is 12.7. The van der Waals surface area contributed by atoms with Crippen LogP contribution in [0.3, 0.4) is 0 Å². The molecule has 2 aromatic heterocycles. The molecule has 21 heavy (non-hydrogen) atoms. The predicted molar refractivity (Wildman–Crippen MR) is 81.6 cm³/mol. The summed E-state index contributed by atoms with van der Waals surface area (Å²) in [5.74, 6) is 1.36. The summed E-state index contributed by atoms with van der Waals surface area (Å²) in [5, 5.41) is 4.64. The van der Waals surface area contributed by atoms with E-state index in [-0.39, 0.29) is 0 Å². The minimum Gasteiger partial charge on any atom is -0.354 e. The van der Waals surface area contributed by atoms with Crippen LogP contribution in [0, 0.1) is 0 Å². The van der Waals surface area contributed by atoms with E-state index in [0.717, 1.165) is 30.6 Å². The second kappa shape index (κ2) is 6.66. The van der Waals surface area contributed by atoms with E-state index in [1.165, 1.54) is 30.9 Å². The molecule has 0 saturated carbocycles. The van der Waals surface area contributed by atoms with E-state index in [1.54, 1.807) is 6.20 Å². The highest BCUT2D eigenvalue weighted by molar-refractivity contribution is 7.99. The van der Waals surface area contributed by atoms with Crippen molar-refractivity contribution in [1.29, 1.82) is 0 Å². The third kappa shape index (κ3) is 3.57. The fraction of sp³-hybridized carbons (Fsp3) is 0.462. The molecule has 110 valence electrons. The fourth-order valence-corrected chi connectivity index (χ4v) is 2.79. The molecule has 0 amide bonds. The first-order chi connectivity index (χ1) is 10.3. The molecular weight excluding hydrogens is 286 g/mol. The zero-order valence-electron chi connectivity index (χ0n) is 11.9. The van der Waals surface area contributed by atoms with Crippen molar-refractivity contribution in [2.45, 2.75) is 29.9 Å². The lowest BCUT2D eigenvalue weighted by molar-refractivity contribution is 0.825. The Balaban J connectivity index is 1.87. The maximum atomic E-state index is 4.56. The molecule has 2 aromatic rings. The summed E-state index contributed by atoms with van der Waals surface area (Å²) in [6, 6.07) is 1.84. The summed E-state index contributed by atoms with van der Waals surface area (Å²) in [4.78, 5) is 23.8. The first-order valence-corrected chi connectivity index (χ1v) is 7.85. The number of nitrogens with one attached hydrogen (secondary N) is 1. The van der Waals surface area contributed by atoms with Gasteiger partial charge in [-0.15, -0.1) is 0 Å². The molecule has 1 N–H and O–H groups in total. The maximum absolute atomic E-state index is 4.56. The normalized spacial score (nSPS) is 14.4. The Kier molecular flexibility index (Phi) is 4.44. The van der Waals surface area contributed by atoms with Crippen LogP contribution in [0.5, 0.6) is 0 Å². The highest BCUT2D eigenvalue weighted by atomic mass is 32.2. The van der Waals surface area contributed by atoms with Crippen molar-refractivity contribution < 1.29 is 0 Å². The molecule has 1 saturated heterocycles. The number of rotatable bonds is 5. The van der Waals surface area contributed by atoms with Crippen LogP contribution in [0.1, 0.15) is 19.8 Å². The number of nitrogens with zero attached hydrogens (tertiary/aromatic N) is 6. The lowest BCUT2D eigenvalue weighted by Gasteiger charge is -2.16. The Morgan fingerprint density at radius 1 is 1.24 bits per heavy atom. The van der Waals surface area contributed by atoms with E-state index in [4.69, 9.17) is 0 Å².